The summed E-state index contributed by atoms with van der Waals surface area (Å²) in [7, 11) is 52.5. The van der Waals surface area contributed by atoms with Gasteiger partial charge in [0.25, 0.3) is 0 Å². The summed E-state index contributed by atoms with van der Waals surface area (Å²) in [6.07, 6.45) is 18.4. The van der Waals surface area contributed by atoms with Crippen LogP contribution in [0.1, 0.15) is 31.2 Å². The minimum atomic E-state index is 0.621. The largest absolute Gasteiger partial charge is 0.0984 e. The summed E-state index contributed by atoms with van der Waals surface area (Å²) in [4.78, 5) is 0. The van der Waals surface area contributed by atoms with Crippen molar-refractivity contribution in [3.05, 3.63) is 29.8 Å². The maximum absolute atomic E-state index is 2.65. The molecular weight excluding hydrogens is 601 g/mol. The molecular formula is C14H60B40. The monoisotopic (exact) mass is 669 g/mol. The van der Waals surface area contributed by atoms with Crippen LogP contribution in [-0.4, -0.2) is 283 Å². The fraction of sp³-hybridized carbons (Fsp3) is 0.571. The summed E-state index contributed by atoms with van der Waals surface area (Å²) in [6.45, 7) is 4.44. The lowest BCUT2D eigenvalue weighted by molar-refractivity contribution is 0.383. The maximum Gasteiger partial charge on any atom is 0.0901 e. The molecule has 1 aromatic carbocycles. The molecule has 0 N–H and O–H groups in total. The van der Waals surface area contributed by atoms with Crippen LogP contribution in [0.2, 0.25) is 12.1 Å². The van der Waals surface area contributed by atoms with Gasteiger partial charge in [-0.05, 0) is 12.8 Å². The molecule has 0 nitrogen and oxygen atoms in total. The summed E-state index contributed by atoms with van der Waals surface area (Å²) < 4.78 is 0. The molecule has 0 aromatic heterocycles. The number of benzene rings is 1. The zero-order chi connectivity index (χ0) is 41.2. The van der Waals surface area contributed by atoms with E-state index in [1.807, 2.05) is 0 Å². The van der Waals surface area contributed by atoms with E-state index in [0.717, 1.165) is 95.0 Å². The molecule has 0 spiro atoms. The van der Waals surface area contributed by atoms with Gasteiger partial charge in [0, 0.05) is 123 Å². The normalized spacial score (nSPS) is 14.5. The molecule has 0 atom stereocenters. The van der Waals surface area contributed by atoms with Gasteiger partial charge < -0.3 is 0 Å². The van der Waals surface area contributed by atoms with Crippen molar-refractivity contribution in [1.29, 1.82) is 0 Å². The van der Waals surface area contributed by atoms with Gasteiger partial charge in [-0.15, -0.1) is 0 Å². The van der Waals surface area contributed by atoms with E-state index < -0.39 is 0 Å². The van der Waals surface area contributed by atoms with Crippen LogP contribution in [0.5, 0.6) is 0 Å². The Kier molecular flexibility index (Phi) is 24.0. The summed E-state index contributed by atoms with van der Waals surface area (Å²) in [6, 6.07) is 9.94. The molecule has 0 heterocycles. The highest BCUT2D eigenvalue weighted by atomic mass is 14.2. The van der Waals surface area contributed by atoms with E-state index in [1.165, 1.54) is 58.8 Å². The number of hydrogen-bond acceptors (Lipinski definition) is 0. The smallest absolute Gasteiger partial charge is 0.0901 e. The van der Waals surface area contributed by atoms with Crippen molar-refractivity contribution in [2.24, 2.45) is 5.92 Å². The van der Waals surface area contributed by atoms with Crippen molar-refractivity contribution in [3.8, 4) is 0 Å². The molecule has 2 rings (SSSR count). The fourth-order valence-electron chi connectivity index (χ4n) is 14.0. The van der Waals surface area contributed by atoms with Gasteiger partial charge in [0.15, 0.2) is 0 Å². The molecule has 0 saturated heterocycles. The number of rotatable bonds is 23. The average molecular weight is 661 g/mol. The summed E-state index contributed by atoms with van der Waals surface area (Å²) >= 11 is 0. The summed E-state index contributed by atoms with van der Waals surface area (Å²) in [5, 5.41) is 0. The van der Waals surface area contributed by atoms with Gasteiger partial charge in [0.2, 0.25) is 0 Å². The molecule has 236 valence electrons. The topological polar surface area (TPSA) is 0 Å². The van der Waals surface area contributed by atoms with Crippen molar-refractivity contribution in [2.75, 3.05) is 0 Å². The highest BCUT2D eigenvalue weighted by molar-refractivity contribution is 8.17. The molecule has 0 bridgehead atoms. The third-order valence-corrected chi connectivity index (χ3v) is 16.3. The molecule has 1 aliphatic rings. The molecule has 40 heteroatoms. The lowest BCUT2D eigenvalue weighted by atomic mass is 8.40. The first-order chi connectivity index (χ1) is 25.2. The van der Waals surface area contributed by atoms with Crippen molar-refractivity contribution in [3.63, 3.8) is 0 Å². The molecule has 1 fully saturated rings. The molecule has 0 radical (unpaired) electrons. The van der Waals surface area contributed by atoms with E-state index in [9.17, 15) is 0 Å². The van der Waals surface area contributed by atoms with Gasteiger partial charge in [0.1, 0.15) is 0 Å². The number of hydrogen-bond donors (Lipinski definition) is 0. The molecule has 1 aliphatic carbocycles. The molecule has 54 heavy (non-hydrogen) atoms. The molecule has 1 aromatic rings. The molecule has 0 amide bonds. The number of aryl methyl sites for hydroxylation is 1. The third-order valence-electron chi connectivity index (χ3n) is 16.3. The highest BCUT2D eigenvalue weighted by Crippen LogP contribution is 2.39. The predicted molar refractivity (Wildman–Crippen MR) is 349 cm³/mol. The Morgan fingerprint density at radius 2 is 0.926 bits per heavy atom. The highest BCUT2D eigenvalue weighted by Gasteiger charge is 2.52. The van der Waals surface area contributed by atoms with Gasteiger partial charge in [-0.2, -0.15) is 0 Å². The van der Waals surface area contributed by atoms with Crippen molar-refractivity contribution >= 4 is 289 Å². The van der Waals surface area contributed by atoms with E-state index in [-0.39, 0.29) is 0 Å². The van der Waals surface area contributed by atoms with Crippen molar-refractivity contribution in [2.45, 2.75) is 44.7 Å². The predicted octanol–water partition coefficient (Wildman–Crippen LogP) is -22.6. The minimum Gasteiger partial charge on any atom is -0.0984 e. The zero-order valence-corrected chi connectivity index (χ0v) is 40.5. The van der Waals surface area contributed by atoms with Crippen LogP contribution in [-0.2, 0) is 0 Å². The Bertz CT molecular complexity index is 1140. The van der Waals surface area contributed by atoms with Gasteiger partial charge in [-0.1, -0.05) is 73.1 Å². The minimum absolute atomic E-state index is 0.621. The Hall–Kier alpha value is 1.82. The Morgan fingerprint density at radius 1 is 0.500 bits per heavy atom. The molecule has 1 saturated carbocycles. The standard InChI is InChI=1S/C14H60B40/c1-11-2-6-13(7-3-11)38(52(42(22)23)43(24)25)39(53(44(26)27)48(33)35-16)14-8-4-12(5-9-14)10-37(50(41(20)21)49(36-17)40(18)19)51(47(32)34-15)54(45(28)29)46(30)31/h2-3,6-7,12,14,34-36H,4-5,8-10,15-33H2,1H3. The molecule has 0 aliphatic heterocycles. The maximum atomic E-state index is 2.65. The van der Waals surface area contributed by atoms with E-state index in [0.29, 0.717) is 32.0 Å². The lowest BCUT2D eigenvalue weighted by Crippen LogP contribution is -2.81. The fourth-order valence-corrected chi connectivity index (χ4v) is 14.0. The van der Waals surface area contributed by atoms with Crippen molar-refractivity contribution < 1.29 is 0 Å². The second-order valence-electron chi connectivity index (χ2n) is 22.1. The van der Waals surface area contributed by atoms with Gasteiger partial charge >= 0.3 is 0 Å². The van der Waals surface area contributed by atoms with Crippen LogP contribution in [0.15, 0.2) is 24.3 Å². The second-order valence-corrected chi connectivity index (χ2v) is 22.1. The van der Waals surface area contributed by atoms with Crippen LogP contribution in [0.4, 0.5) is 0 Å². The first-order valence-corrected chi connectivity index (χ1v) is 24.3. The average Bonchev–Trinajstić information content (AvgIpc) is 3.09. The molecule has 0 unspecified atom stereocenters. The van der Waals surface area contributed by atoms with E-state index in [4.69, 9.17) is 0 Å². The Labute approximate surface area is 366 Å². The van der Waals surface area contributed by atoms with E-state index in [2.05, 4.69) is 178 Å². The van der Waals surface area contributed by atoms with Gasteiger partial charge in [-0.25, -0.2) is 0 Å². The van der Waals surface area contributed by atoms with E-state index in [1.54, 1.807) is 5.46 Å². The SMILES string of the molecule is BBB(B)B(B(CC1CCC(B(B(B(B)B)B(B)BB)B(B(B(B)B)B(B)B)c2ccc(C)cc2)CC1)B(B(B)B)B(BB)B(B)B)B(B(B)B)B(B)B. The van der Waals surface area contributed by atoms with Gasteiger partial charge in [-0.3, -0.25) is 0 Å². The summed E-state index contributed by atoms with van der Waals surface area (Å²) in [5.41, 5.74) is 3.03. The third kappa shape index (κ3) is 13.9. The first-order valence-electron chi connectivity index (χ1n) is 24.3. The van der Waals surface area contributed by atoms with Crippen LogP contribution in [0.25, 0.3) is 0 Å². The van der Waals surface area contributed by atoms with Crippen molar-refractivity contribution in [1.82, 2.24) is 0 Å². The lowest BCUT2D eigenvalue weighted by Gasteiger charge is -2.47. The quantitative estimate of drug-likeness (QED) is 0.102. The summed E-state index contributed by atoms with van der Waals surface area (Å²) in [5.74, 6) is 1.69. The first kappa shape index (κ1) is 52.0. The zero-order valence-electron chi connectivity index (χ0n) is 40.5. The van der Waals surface area contributed by atoms with Crippen LogP contribution in [0.3, 0.4) is 0 Å². The second kappa shape index (κ2) is 24.9. The van der Waals surface area contributed by atoms with Crippen LogP contribution >= 0.6 is 0 Å². The Balaban J connectivity index is 2.72. The van der Waals surface area contributed by atoms with Gasteiger partial charge in [0.05, 0.1) is 160 Å². The van der Waals surface area contributed by atoms with Crippen LogP contribution in [0, 0.1) is 12.8 Å². The Morgan fingerprint density at radius 3 is 1.30 bits per heavy atom. The van der Waals surface area contributed by atoms with E-state index >= 15 is 0 Å². The van der Waals surface area contributed by atoms with Crippen LogP contribution < -0.4 is 5.46 Å².